The van der Waals surface area contributed by atoms with Gasteiger partial charge in [-0.3, -0.25) is 9.36 Å². The molecule has 8 atom stereocenters. The molecule has 310 valence electrons. The highest BCUT2D eigenvalue weighted by Gasteiger charge is 2.66. The highest BCUT2D eigenvalue weighted by Crippen LogP contribution is 2.68. The smallest absolute Gasteiger partial charge is 0.0953 e. The molecule has 0 aromatic carbocycles. The molecule has 4 fully saturated rings. The molecule has 56 heavy (non-hydrogen) atoms. The predicted octanol–water partition coefficient (Wildman–Crippen LogP) is 11.2. The molecule has 2 aromatic rings. The van der Waals surface area contributed by atoms with Crippen LogP contribution >= 0.6 is 0 Å². The minimum absolute atomic E-state index is 0.131. The van der Waals surface area contributed by atoms with Crippen LogP contribution < -0.4 is 0 Å². The van der Waals surface area contributed by atoms with Crippen molar-refractivity contribution >= 4 is 0 Å². The van der Waals surface area contributed by atoms with E-state index >= 15 is 0 Å². The van der Waals surface area contributed by atoms with Gasteiger partial charge in [0.05, 0.1) is 33.8 Å². The summed E-state index contributed by atoms with van der Waals surface area (Å²) in [6.45, 7) is 26.2. The molecule has 2 saturated carbocycles. The van der Waals surface area contributed by atoms with Crippen molar-refractivity contribution in [3.05, 3.63) is 47.1 Å². The van der Waals surface area contributed by atoms with Gasteiger partial charge >= 0.3 is 0 Å². The molecular formula is C48H76N6O2. The first-order chi connectivity index (χ1) is 26.4. The molecule has 2 aromatic heterocycles. The van der Waals surface area contributed by atoms with Gasteiger partial charge in [-0.25, -0.2) is 0 Å². The number of hydrogen-bond acceptors (Lipinski definition) is 6. The second-order valence-corrected chi connectivity index (χ2v) is 22.3. The molecule has 0 unspecified atom stereocenters. The predicted molar refractivity (Wildman–Crippen MR) is 224 cm³/mol. The summed E-state index contributed by atoms with van der Waals surface area (Å²) in [5, 5.41) is 18.2. The van der Waals surface area contributed by atoms with Crippen LogP contribution in [0.5, 0.6) is 0 Å². The standard InChI is InChI=1S/C48H76N6O2/c1-35-17-19-39-41(3,4)21-13-23-45(39,9)47(35)27-25-43(7,55-47)29-31-53-33-37(49-51-53)15-11-12-16-38-34-54(52-50-38)32-30-44(8)26-28-48(56-44)36(2)18-20-40-42(5,6)22-14-24-46(40,48)10/h17-18,33-34,39-40H,11-16,19-32H2,1-10H3/t39-,40-,43-,44-,45-,46-,47+,48+/m0/s1. The van der Waals surface area contributed by atoms with E-state index in [0.29, 0.717) is 22.7 Å². The van der Waals surface area contributed by atoms with Crippen molar-refractivity contribution in [3.63, 3.8) is 0 Å². The molecule has 8 nitrogen and oxygen atoms in total. The second kappa shape index (κ2) is 14.2. The summed E-state index contributed by atoms with van der Waals surface area (Å²) < 4.78 is 18.8. The summed E-state index contributed by atoms with van der Waals surface area (Å²) in [5.41, 5.74) is 5.70. The van der Waals surface area contributed by atoms with Crippen molar-refractivity contribution < 1.29 is 9.47 Å². The van der Waals surface area contributed by atoms with Crippen LogP contribution in [0.2, 0.25) is 0 Å². The van der Waals surface area contributed by atoms with Gasteiger partial charge in [0.15, 0.2) is 0 Å². The van der Waals surface area contributed by atoms with Crippen LogP contribution in [0.15, 0.2) is 35.7 Å². The van der Waals surface area contributed by atoms with Crippen molar-refractivity contribution in [2.75, 3.05) is 0 Å². The summed E-state index contributed by atoms with van der Waals surface area (Å²) in [7, 11) is 0. The maximum Gasteiger partial charge on any atom is 0.0953 e. The van der Waals surface area contributed by atoms with Crippen LogP contribution in [0.3, 0.4) is 0 Å². The Balaban J connectivity index is 0.790. The number of ether oxygens (including phenoxy) is 2. The van der Waals surface area contributed by atoms with Gasteiger partial charge in [-0.2, -0.15) is 0 Å². The van der Waals surface area contributed by atoms with Crippen molar-refractivity contribution in [1.29, 1.82) is 0 Å². The van der Waals surface area contributed by atoms with Gasteiger partial charge in [-0.05, 0) is 164 Å². The van der Waals surface area contributed by atoms with E-state index in [4.69, 9.17) is 9.47 Å². The van der Waals surface area contributed by atoms with Crippen LogP contribution in [0, 0.1) is 33.5 Å². The molecule has 4 heterocycles. The highest BCUT2D eigenvalue weighted by molar-refractivity contribution is 5.31. The lowest BCUT2D eigenvalue weighted by Crippen LogP contribution is -2.59. The minimum Gasteiger partial charge on any atom is -0.364 e. The van der Waals surface area contributed by atoms with Gasteiger partial charge in [0.1, 0.15) is 0 Å². The van der Waals surface area contributed by atoms with Gasteiger partial charge in [0, 0.05) is 36.3 Å². The summed E-state index contributed by atoms with van der Waals surface area (Å²) in [4.78, 5) is 0. The molecule has 0 bridgehead atoms. The highest BCUT2D eigenvalue weighted by atomic mass is 16.5. The Morgan fingerprint density at radius 3 is 1.39 bits per heavy atom. The van der Waals surface area contributed by atoms with Crippen molar-refractivity contribution in [2.45, 2.75) is 220 Å². The first-order valence-corrected chi connectivity index (χ1v) is 22.9. The second-order valence-electron chi connectivity index (χ2n) is 22.3. The maximum absolute atomic E-state index is 7.36. The summed E-state index contributed by atoms with van der Waals surface area (Å²) in [5.74, 6) is 1.36. The average molecular weight is 769 g/mol. The van der Waals surface area contributed by atoms with Gasteiger partial charge in [0.2, 0.25) is 0 Å². The molecule has 2 saturated heterocycles. The monoisotopic (exact) mass is 769 g/mol. The van der Waals surface area contributed by atoms with E-state index in [1.807, 2.05) is 0 Å². The van der Waals surface area contributed by atoms with Crippen LogP contribution in [0.1, 0.15) is 183 Å². The van der Waals surface area contributed by atoms with Crippen LogP contribution in [-0.2, 0) is 35.4 Å². The zero-order valence-corrected chi connectivity index (χ0v) is 37.1. The Hall–Kier alpha value is -2.32. The summed E-state index contributed by atoms with van der Waals surface area (Å²) in [6.07, 6.45) is 30.0. The van der Waals surface area contributed by atoms with E-state index in [1.54, 1.807) is 0 Å². The number of allylic oxidation sites excluding steroid dienone is 2. The normalized spacial score (nSPS) is 40.1. The third kappa shape index (κ3) is 6.71. The lowest BCUT2D eigenvalue weighted by Gasteiger charge is -2.61. The van der Waals surface area contributed by atoms with E-state index in [9.17, 15) is 0 Å². The Bertz CT molecular complexity index is 1690. The Morgan fingerprint density at radius 2 is 0.982 bits per heavy atom. The third-order valence-electron chi connectivity index (χ3n) is 17.8. The van der Waals surface area contributed by atoms with Crippen LogP contribution in [0.4, 0.5) is 0 Å². The molecule has 6 aliphatic rings. The summed E-state index contributed by atoms with van der Waals surface area (Å²) >= 11 is 0. The third-order valence-corrected chi connectivity index (χ3v) is 17.8. The number of unbranched alkanes of at least 4 members (excludes halogenated alkanes) is 1. The van der Waals surface area contributed by atoms with Gasteiger partial charge < -0.3 is 9.47 Å². The molecule has 0 amide bonds. The van der Waals surface area contributed by atoms with E-state index < -0.39 is 0 Å². The molecule has 4 aliphatic carbocycles. The molecule has 0 N–H and O–H groups in total. The topological polar surface area (TPSA) is 79.9 Å². The first kappa shape index (κ1) is 40.5. The zero-order valence-electron chi connectivity index (χ0n) is 37.1. The molecular weight excluding hydrogens is 693 g/mol. The number of aryl methyl sites for hydroxylation is 4. The molecule has 8 rings (SSSR count). The Labute approximate surface area is 339 Å². The molecule has 8 heteroatoms. The molecule has 0 radical (unpaired) electrons. The number of hydrogen-bond donors (Lipinski definition) is 0. The van der Waals surface area contributed by atoms with Crippen LogP contribution in [-0.4, -0.2) is 52.4 Å². The fourth-order valence-corrected chi connectivity index (χ4v) is 14.3. The lowest BCUT2D eigenvalue weighted by atomic mass is 9.46. The number of aromatic nitrogens is 6. The van der Waals surface area contributed by atoms with Gasteiger partial charge in [0.25, 0.3) is 0 Å². The minimum atomic E-state index is -0.144. The van der Waals surface area contributed by atoms with E-state index in [0.717, 1.165) is 88.7 Å². The fraction of sp³-hybridized carbons (Fsp3) is 0.833. The lowest BCUT2D eigenvalue weighted by molar-refractivity contribution is -0.190. The van der Waals surface area contributed by atoms with E-state index in [-0.39, 0.29) is 33.2 Å². The van der Waals surface area contributed by atoms with Crippen molar-refractivity contribution in [3.8, 4) is 0 Å². The average Bonchev–Trinajstić information content (AvgIpc) is 3.93. The quantitative estimate of drug-likeness (QED) is 0.167. The van der Waals surface area contributed by atoms with Crippen LogP contribution in [0.25, 0.3) is 0 Å². The van der Waals surface area contributed by atoms with Crippen molar-refractivity contribution in [1.82, 2.24) is 30.0 Å². The Morgan fingerprint density at radius 1 is 0.571 bits per heavy atom. The van der Waals surface area contributed by atoms with Gasteiger partial charge in [-0.15, -0.1) is 10.2 Å². The van der Waals surface area contributed by atoms with E-state index in [2.05, 4.69) is 124 Å². The summed E-state index contributed by atoms with van der Waals surface area (Å²) in [6, 6.07) is 0. The Kier molecular flexibility index (Phi) is 10.2. The maximum atomic E-state index is 7.36. The van der Waals surface area contributed by atoms with Crippen molar-refractivity contribution in [2.24, 2.45) is 33.5 Å². The number of fused-ring (bicyclic) bond motifs is 4. The van der Waals surface area contributed by atoms with E-state index in [1.165, 1.54) is 62.5 Å². The number of nitrogens with zero attached hydrogens (tertiary/aromatic N) is 6. The number of rotatable bonds is 11. The zero-order chi connectivity index (χ0) is 39.8. The molecule has 2 spiro atoms. The van der Waals surface area contributed by atoms with Gasteiger partial charge in [-0.1, -0.05) is 77.0 Å². The molecule has 2 aliphatic heterocycles. The first-order valence-electron chi connectivity index (χ1n) is 22.9. The largest absolute Gasteiger partial charge is 0.364 e. The SMILES string of the molecule is CC1=CC[C@H]2C(C)(C)CCC[C@]2(C)[C@@]12CC[C@@](C)(CCn1cc(CCCCc3cn(CC[C@]4(C)CC[C@@]5(O4)C(C)=CC[C@H]4C(C)(C)CCC[C@@]45C)nn3)nn1)O2. The fourth-order valence-electron chi connectivity index (χ4n) is 14.3.